The summed E-state index contributed by atoms with van der Waals surface area (Å²) in [7, 11) is -1.48. The van der Waals surface area contributed by atoms with Crippen molar-refractivity contribution in [3.8, 4) is 0 Å². The Balaban J connectivity index is 5.07. The lowest BCUT2D eigenvalue weighted by Gasteiger charge is -2.35. The van der Waals surface area contributed by atoms with E-state index in [1.165, 1.54) is 0 Å². The van der Waals surface area contributed by atoms with E-state index in [0.717, 1.165) is 0 Å². The fraction of sp³-hybridized carbons (Fsp3) is 1.00. The number of alkyl halides is 6. The van der Waals surface area contributed by atoms with E-state index in [1.54, 1.807) is 0 Å². The number of hydrogen-bond donors (Lipinski definition) is 1. The summed E-state index contributed by atoms with van der Waals surface area (Å²) in [5.41, 5.74) is -4.58. The number of halogens is 6. The molecule has 0 spiro atoms. The van der Waals surface area contributed by atoms with Crippen LogP contribution in [0.5, 0.6) is 0 Å². The van der Waals surface area contributed by atoms with Crippen molar-refractivity contribution >= 4 is 7.92 Å². The van der Waals surface area contributed by atoms with E-state index >= 15 is 0 Å². The van der Waals surface area contributed by atoms with Crippen molar-refractivity contribution in [1.29, 1.82) is 0 Å². The molecule has 0 heterocycles. The maximum absolute atomic E-state index is 12.6. The molecule has 0 bridgehead atoms. The highest BCUT2D eigenvalue weighted by atomic mass is 31.1. The van der Waals surface area contributed by atoms with E-state index < -0.39 is 32.0 Å². The Kier molecular flexibility index (Phi) is 7.82. The van der Waals surface area contributed by atoms with Crippen LogP contribution in [0.25, 0.3) is 0 Å². The number of hydrogen-bond acceptors (Lipinski definition) is 1. The minimum Gasteiger partial charge on any atom is -0.373 e. The first kappa shape index (κ1) is 20.0. The molecule has 0 amide bonds. The van der Waals surface area contributed by atoms with Crippen molar-refractivity contribution in [1.82, 2.24) is 0 Å². The quantitative estimate of drug-likeness (QED) is 0.496. The molecule has 0 saturated heterocycles. The molecule has 8 heteroatoms. The first-order valence-corrected chi connectivity index (χ1v) is 8.47. The van der Waals surface area contributed by atoms with Crippen LogP contribution in [0, 0.1) is 0 Å². The van der Waals surface area contributed by atoms with Crippen molar-refractivity contribution in [2.24, 2.45) is 0 Å². The van der Waals surface area contributed by atoms with E-state index in [4.69, 9.17) is 0 Å². The van der Waals surface area contributed by atoms with Gasteiger partial charge in [-0.15, -0.1) is 7.92 Å². The van der Waals surface area contributed by atoms with Gasteiger partial charge in [-0.2, -0.15) is 26.3 Å². The van der Waals surface area contributed by atoms with E-state index in [0.29, 0.717) is 38.0 Å². The number of aliphatic hydroxyl groups is 1. The van der Waals surface area contributed by atoms with Crippen LogP contribution in [0.2, 0.25) is 0 Å². The molecule has 20 heavy (non-hydrogen) atoms. The second-order valence-electron chi connectivity index (χ2n) is 4.84. The molecule has 1 N–H and O–H groups in total. The summed E-state index contributed by atoms with van der Waals surface area (Å²) in [5, 5.41) is 9.22. The summed E-state index contributed by atoms with van der Waals surface area (Å²) >= 11 is 0. The van der Waals surface area contributed by atoms with E-state index in [2.05, 4.69) is 0 Å². The summed E-state index contributed by atoms with van der Waals surface area (Å²) < 4.78 is 75.9. The molecule has 1 nitrogen and oxygen atoms in total. The van der Waals surface area contributed by atoms with Gasteiger partial charge in [0.05, 0.1) is 0 Å². The molecular formula is C12H21F6OP. The summed E-state index contributed by atoms with van der Waals surface area (Å²) in [5.74, 6) is 0. The largest absolute Gasteiger partial charge is 0.426 e. The Hall–Kier alpha value is -0.0300. The van der Waals surface area contributed by atoms with E-state index in [9.17, 15) is 31.4 Å². The topological polar surface area (TPSA) is 20.2 Å². The van der Waals surface area contributed by atoms with Crippen molar-refractivity contribution in [3.63, 3.8) is 0 Å². The lowest BCUT2D eigenvalue weighted by molar-refractivity contribution is -0.358. The minimum absolute atomic E-state index is 0.334. The molecule has 0 aliphatic rings. The molecule has 0 unspecified atom stereocenters. The second-order valence-corrected chi connectivity index (χ2v) is 7.39. The summed E-state index contributed by atoms with van der Waals surface area (Å²) in [6, 6.07) is 0. The van der Waals surface area contributed by atoms with Gasteiger partial charge in [-0.3, -0.25) is 0 Å². The predicted octanol–water partition coefficient (Wildman–Crippen LogP) is 4.92. The van der Waals surface area contributed by atoms with Gasteiger partial charge in [0.2, 0.25) is 0 Å². The number of unbranched alkanes of at least 4 members (excludes halogenated alkanes) is 2. The van der Waals surface area contributed by atoms with Gasteiger partial charge in [0.25, 0.3) is 5.60 Å². The Labute approximate surface area is 116 Å². The molecule has 0 saturated carbocycles. The van der Waals surface area contributed by atoms with Gasteiger partial charge < -0.3 is 5.11 Å². The second kappa shape index (κ2) is 7.83. The van der Waals surface area contributed by atoms with Crippen molar-refractivity contribution < 1.29 is 31.4 Å². The average Bonchev–Trinajstić information content (AvgIpc) is 2.29. The highest BCUT2D eigenvalue weighted by Gasteiger charge is 2.70. The highest BCUT2D eigenvalue weighted by Crippen LogP contribution is 2.51. The lowest BCUT2D eigenvalue weighted by Crippen LogP contribution is -2.59. The SMILES string of the molecule is CCCCP(CCCC)CC(O)(C(F)(F)F)C(F)(F)F. The van der Waals surface area contributed by atoms with Crippen LogP contribution in [0.15, 0.2) is 0 Å². The van der Waals surface area contributed by atoms with Crippen LogP contribution in [-0.4, -0.2) is 41.5 Å². The number of rotatable bonds is 8. The molecule has 0 fully saturated rings. The Bertz CT molecular complexity index is 254. The van der Waals surface area contributed by atoms with Crippen LogP contribution in [0.3, 0.4) is 0 Å². The molecule has 0 atom stereocenters. The van der Waals surface area contributed by atoms with Gasteiger partial charge >= 0.3 is 12.4 Å². The van der Waals surface area contributed by atoms with Crippen molar-refractivity contribution in [2.45, 2.75) is 57.5 Å². The first-order valence-electron chi connectivity index (χ1n) is 6.57. The Morgan fingerprint density at radius 3 is 1.40 bits per heavy atom. The normalized spacial score (nSPS) is 14.1. The molecule has 0 radical (unpaired) electrons. The zero-order valence-corrected chi connectivity index (χ0v) is 12.5. The van der Waals surface area contributed by atoms with Crippen LogP contribution < -0.4 is 0 Å². The van der Waals surface area contributed by atoms with Gasteiger partial charge in [-0.1, -0.05) is 26.7 Å². The van der Waals surface area contributed by atoms with Gasteiger partial charge in [0, 0.05) is 6.16 Å². The fourth-order valence-corrected chi connectivity index (χ4v) is 4.77. The zero-order chi connectivity index (χ0) is 16.0. The Morgan fingerprint density at radius 1 is 0.800 bits per heavy atom. The highest BCUT2D eigenvalue weighted by molar-refractivity contribution is 7.57. The standard InChI is InChI=1S/C12H21F6OP/c1-3-5-7-20(8-6-4-2)9-10(19,11(13,14)15)12(16,17)18/h19H,3-9H2,1-2H3. The van der Waals surface area contributed by atoms with Crippen LogP contribution in [-0.2, 0) is 0 Å². The van der Waals surface area contributed by atoms with Gasteiger partial charge in [0.1, 0.15) is 0 Å². The third-order valence-corrected chi connectivity index (χ3v) is 5.85. The molecule has 0 aromatic rings. The monoisotopic (exact) mass is 326 g/mol. The van der Waals surface area contributed by atoms with E-state index in [-0.39, 0.29) is 0 Å². The van der Waals surface area contributed by atoms with Crippen molar-refractivity contribution in [3.05, 3.63) is 0 Å². The third kappa shape index (κ3) is 5.40. The molecule has 122 valence electrons. The van der Waals surface area contributed by atoms with Crippen LogP contribution in [0.4, 0.5) is 26.3 Å². The van der Waals surface area contributed by atoms with Crippen LogP contribution in [0.1, 0.15) is 39.5 Å². The maximum atomic E-state index is 12.6. The van der Waals surface area contributed by atoms with Gasteiger partial charge in [0.15, 0.2) is 0 Å². The molecule has 0 aliphatic heterocycles. The van der Waals surface area contributed by atoms with E-state index in [1.807, 2.05) is 13.8 Å². The molecule has 0 rings (SSSR count). The summed E-state index contributed by atoms with van der Waals surface area (Å²) in [6.45, 7) is 3.65. The smallest absolute Gasteiger partial charge is 0.373 e. The molecular weight excluding hydrogens is 305 g/mol. The molecule has 0 aliphatic carbocycles. The van der Waals surface area contributed by atoms with Crippen molar-refractivity contribution in [2.75, 3.05) is 18.5 Å². The Morgan fingerprint density at radius 2 is 1.15 bits per heavy atom. The maximum Gasteiger partial charge on any atom is 0.426 e. The average molecular weight is 326 g/mol. The van der Waals surface area contributed by atoms with Gasteiger partial charge in [-0.25, -0.2) is 0 Å². The zero-order valence-electron chi connectivity index (χ0n) is 11.6. The summed E-state index contributed by atoms with van der Waals surface area (Å²) in [6.07, 6.45) is -9.37. The third-order valence-electron chi connectivity index (χ3n) is 3.05. The van der Waals surface area contributed by atoms with Crippen LogP contribution >= 0.6 is 7.92 Å². The summed E-state index contributed by atoms with van der Waals surface area (Å²) in [4.78, 5) is 0. The fourth-order valence-electron chi connectivity index (χ4n) is 1.70. The van der Waals surface area contributed by atoms with Gasteiger partial charge in [-0.05, 0) is 25.2 Å². The predicted molar refractivity (Wildman–Crippen MR) is 68.4 cm³/mol. The minimum atomic E-state index is -5.69. The first-order chi connectivity index (χ1) is 8.99. The molecule has 0 aromatic heterocycles. The molecule has 0 aromatic carbocycles. The lowest BCUT2D eigenvalue weighted by atomic mass is 10.1.